The van der Waals surface area contributed by atoms with Crippen LogP contribution in [0.15, 0.2) is 66.7 Å². The molecule has 3 aromatic carbocycles. The molecule has 3 heteroatoms. The first kappa shape index (κ1) is 22.5. The first-order chi connectivity index (χ1) is 14.3. The van der Waals surface area contributed by atoms with Crippen LogP contribution in [0.2, 0.25) is 0 Å². The number of phenols is 1. The Morgan fingerprint density at radius 3 is 2.37 bits per heavy atom. The lowest BCUT2D eigenvalue weighted by atomic mass is 9.95. The van der Waals surface area contributed by atoms with E-state index in [0.717, 1.165) is 25.1 Å². The quantitative estimate of drug-likeness (QED) is 0.435. The van der Waals surface area contributed by atoms with Gasteiger partial charge in [0.15, 0.2) is 0 Å². The summed E-state index contributed by atoms with van der Waals surface area (Å²) >= 11 is 0. The minimum absolute atomic E-state index is 0.0883. The van der Waals surface area contributed by atoms with Gasteiger partial charge in [-0.1, -0.05) is 88.7 Å². The van der Waals surface area contributed by atoms with Crippen LogP contribution in [0.25, 0.3) is 0 Å². The normalized spacial score (nSPS) is 13.8. The first-order valence-electron chi connectivity index (χ1n) is 10.7. The Morgan fingerprint density at radius 2 is 1.67 bits per heavy atom. The fraction of sp³-hybridized carbons (Fsp3) is 0.333. The molecule has 0 aromatic heterocycles. The van der Waals surface area contributed by atoms with E-state index in [-0.39, 0.29) is 5.16 Å². The van der Waals surface area contributed by atoms with E-state index >= 15 is 0 Å². The van der Waals surface area contributed by atoms with Gasteiger partial charge in [0.1, 0.15) is 5.75 Å². The van der Waals surface area contributed by atoms with Crippen molar-refractivity contribution in [2.45, 2.75) is 52.4 Å². The third-order valence-electron chi connectivity index (χ3n) is 5.95. The van der Waals surface area contributed by atoms with E-state index in [1.165, 1.54) is 27.6 Å². The zero-order valence-corrected chi connectivity index (χ0v) is 19.9. The second-order valence-corrected chi connectivity index (χ2v) is 10.5. The topological polar surface area (TPSA) is 23.5 Å². The molecule has 0 heterocycles. The molecule has 158 valence electrons. The standard InChI is InChI=1S/C27H34NOP/c1-6-27(4,24-17-20(2)15-16-25(24)29)30-26-21(3)11-10-14-23(26)19-28(5)18-22-12-8-7-9-13-22/h7-17,29-30H,6,18-19H2,1-5H3. The van der Waals surface area contributed by atoms with Crippen molar-refractivity contribution >= 4 is 13.9 Å². The maximum Gasteiger partial charge on any atom is 0.119 e. The highest BCUT2D eigenvalue weighted by atomic mass is 31.1. The van der Waals surface area contributed by atoms with Gasteiger partial charge in [0.25, 0.3) is 0 Å². The molecule has 30 heavy (non-hydrogen) atoms. The fourth-order valence-electron chi connectivity index (χ4n) is 3.99. The second-order valence-electron chi connectivity index (χ2n) is 8.60. The summed E-state index contributed by atoms with van der Waals surface area (Å²) in [5.41, 5.74) is 6.32. The average Bonchev–Trinajstić information content (AvgIpc) is 2.73. The minimum atomic E-state index is -0.0883. The summed E-state index contributed by atoms with van der Waals surface area (Å²) in [5, 5.41) is 12.0. The van der Waals surface area contributed by atoms with Gasteiger partial charge in [-0.2, -0.15) is 0 Å². The van der Waals surface area contributed by atoms with E-state index in [1.807, 2.05) is 12.1 Å². The number of aromatic hydroxyl groups is 1. The monoisotopic (exact) mass is 419 g/mol. The molecular formula is C27H34NOP. The highest BCUT2D eigenvalue weighted by Crippen LogP contribution is 2.48. The molecule has 2 nitrogen and oxygen atoms in total. The molecule has 0 radical (unpaired) electrons. The Balaban J connectivity index is 1.89. The summed E-state index contributed by atoms with van der Waals surface area (Å²) in [5.74, 6) is 0.411. The molecule has 0 amide bonds. The lowest BCUT2D eigenvalue weighted by Crippen LogP contribution is -2.25. The van der Waals surface area contributed by atoms with Gasteiger partial charge >= 0.3 is 0 Å². The molecule has 1 N–H and O–H groups in total. The highest BCUT2D eigenvalue weighted by Gasteiger charge is 2.29. The molecule has 0 spiro atoms. The summed E-state index contributed by atoms with van der Waals surface area (Å²) in [6, 6.07) is 23.3. The number of rotatable bonds is 8. The Hall–Kier alpha value is -2.15. The number of phenolic OH excluding ortho intramolecular Hbond substituents is 1. The Morgan fingerprint density at radius 1 is 0.933 bits per heavy atom. The van der Waals surface area contributed by atoms with Gasteiger partial charge in [0.05, 0.1) is 0 Å². The largest absolute Gasteiger partial charge is 0.508 e. The van der Waals surface area contributed by atoms with Crippen molar-refractivity contribution < 1.29 is 5.11 Å². The summed E-state index contributed by atoms with van der Waals surface area (Å²) in [7, 11) is 2.79. The molecule has 3 aromatic rings. The minimum Gasteiger partial charge on any atom is -0.508 e. The summed E-state index contributed by atoms with van der Waals surface area (Å²) in [4.78, 5) is 2.38. The van der Waals surface area contributed by atoms with E-state index in [0.29, 0.717) is 14.3 Å². The van der Waals surface area contributed by atoms with Crippen LogP contribution in [0.4, 0.5) is 0 Å². The van der Waals surface area contributed by atoms with Crippen molar-refractivity contribution in [3.8, 4) is 5.75 Å². The van der Waals surface area contributed by atoms with Crippen LogP contribution in [0.1, 0.15) is 48.1 Å². The van der Waals surface area contributed by atoms with Gasteiger partial charge in [-0.15, -0.1) is 0 Å². The SMILES string of the molecule is CCC(C)(Pc1c(C)cccc1CN(C)Cc1ccccc1)c1cc(C)ccc1O. The smallest absolute Gasteiger partial charge is 0.119 e. The predicted molar refractivity (Wildman–Crippen MR) is 131 cm³/mol. The second kappa shape index (κ2) is 9.77. The van der Waals surface area contributed by atoms with Crippen molar-refractivity contribution in [1.29, 1.82) is 0 Å². The fourth-order valence-corrected chi connectivity index (χ4v) is 5.66. The third kappa shape index (κ3) is 5.31. The van der Waals surface area contributed by atoms with Gasteiger partial charge in [-0.05, 0) is 55.4 Å². The number of benzene rings is 3. The molecule has 0 aliphatic heterocycles. The first-order valence-corrected chi connectivity index (χ1v) is 11.7. The van der Waals surface area contributed by atoms with Crippen molar-refractivity contribution in [1.82, 2.24) is 4.90 Å². The summed E-state index contributed by atoms with van der Waals surface area (Å²) in [6.07, 6.45) is 0.982. The molecular weight excluding hydrogens is 385 g/mol. The molecule has 0 aliphatic rings. The van der Waals surface area contributed by atoms with Gasteiger partial charge in [0, 0.05) is 23.8 Å². The molecule has 0 saturated carbocycles. The van der Waals surface area contributed by atoms with Gasteiger partial charge < -0.3 is 5.11 Å². The van der Waals surface area contributed by atoms with Gasteiger partial charge in [-0.3, -0.25) is 4.90 Å². The molecule has 0 fully saturated rings. The molecule has 3 rings (SSSR count). The number of hydrogen-bond donors (Lipinski definition) is 1. The maximum absolute atomic E-state index is 10.6. The Labute approximate surface area is 183 Å². The lowest BCUT2D eigenvalue weighted by Gasteiger charge is -2.32. The molecule has 0 aliphatic carbocycles. The predicted octanol–water partition coefficient (Wildman–Crippen LogP) is 6.27. The van der Waals surface area contributed by atoms with Crippen molar-refractivity contribution in [3.63, 3.8) is 0 Å². The molecule has 0 saturated heterocycles. The van der Waals surface area contributed by atoms with E-state index < -0.39 is 0 Å². The molecule has 2 atom stereocenters. The number of nitrogens with zero attached hydrogens (tertiary/aromatic N) is 1. The van der Waals surface area contributed by atoms with Crippen LogP contribution in [-0.4, -0.2) is 17.1 Å². The maximum atomic E-state index is 10.6. The zero-order valence-electron chi connectivity index (χ0n) is 18.9. The molecule has 2 unspecified atom stereocenters. The van der Waals surface area contributed by atoms with Crippen LogP contribution in [0.3, 0.4) is 0 Å². The van der Waals surface area contributed by atoms with Crippen molar-refractivity contribution in [3.05, 3.63) is 94.5 Å². The average molecular weight is 420 g/mol. The number of hydrogen-bond acceptors (Lipinski definition) is 2. The van der Waals surface area contributed by atoms with Crippen LogP contribution < -0.4 is 5.30 Å². The Bertz CT molecular complexity index is 985. The van der Waals surface area contributed by atoms with Crippen LogP contribution in [-0.2, 0) is 18.2 Å². The van der Waals surface area contributed by atoms with E-state index in [4.69, 9.17) is 0 Å². The lowest BCUT2D eigenvalue weighted by molar-refractivity contribution is 0.320. The number of aryl methyl sites for hydroxylation is 2. The van der Waals surface area contributed by atoms with Crippen molar-refractivity contribution in [2.24, 2.45) is 0 Å². The van der Waals surface area contributed by atoms with Crippen LogP contribution in [0.5, 0.6) is 5.75 Å². The highest BCUT2D eigenvalue weighted by molar-refractivity contribution is 7.48. The zero-order chi connectivity index (χ0) is 21.7. The van der Waals surface area contributed by atoms with E-state index in [1.54, 1.807) is 0 Å². The van der Waals surface area contributed by atoms with E-state index in [2.05, 4.69) is 94.2 Å². The molecule has 0 bridgehead atoms. The summed E-state index contributed by atoms with van der Waals surface area (Å²) in [6.45, 7) is 10.7. The van der Waals surface area contributed by atoms with Gasteiger partial charge in [-0.25, -0.2) is 0 Å². The van der Waals surface area contributed by atoms with Crippen LogP contribution in [0, 0.1) is 13.8 Å². The summed E-state index contributed by atoms with van der Waals surface area (Å²) < 4.78 is 0. The van der Waals surface area contributed by atoms with Crippen molar-refractivity contribution in [2.75, 3.05) is 7.05 Å². The Kier molecular flexibility index (Phi) is 7.34. The van der Waals surface area contributed by atoms with Crippen LogP contribution >= 0.6 is 8.58 Å². The third-order valence-corrected chi connectivity index (χ3v) is 8.09. The van der Waals surface area contributed by atoms with Gasteiger partial charge in [0.2, 0.25) is 0 Å². The van der Waals surface area contributed by atoms with E-state index in [9.17, 15) is 5.11 Å².